The van der Waals surface area contributed by atoms with Crippen molar-refractivity contribution < 1.29 is 19.4 Å². The minimum absolute atomic E-state index is 0.0665. The van der Waals surface area contributed by atoms with E-state index in [1.54, 1.807) is 30.3 Å². The number of carboxylic acid groups (broad SMARTS) is 1. The lowest BCUT2D eigenvalue weighted by Gasteiger charge is -2.09. The van der Waals surface area contributed by atoms with Gasteiger partial charge in [0.05, 0.1) is 6.61 Å². The Labute approximate surface area is 124 Å². The van der Waals surface area contributed by atoms with Gasteiger partial charge < -0.3 is 14.6 Å². The molecule has 2 aromatic rings. The molecule has 0 unspecified atom stereocenters. The zero-order valence-electron chi connectivity index (χ0n) is 10.7. The predicted octanol–water partition coefficient (Wildman–Crippen LogP) is 3.73. The maximum atomic E-state index is 11.2. The maximum absolute atomic E-state index is 11.2. The fourth-order valence-electron chi connectivity index (χ4n) is 1.55. The third-order valence-electron chi connectivity index (χ3n) is 2.38. The molecule has 0 aliphatic carbocycles. The molecule has 20 heavy (non-hydrogen) atoms. The molecule has 1 heterocycles. The lowest BCUT2D eigenvalue weighted by atomic mass is 10.2. The summed E-state index contributed by atoms with van der Waals surface area (Å²) in [5.41, 5.74) is 0.0665. The standard InChI is InChI=1S/C14H12BrNO4/c1-2-19-12-4-3-5-13(16-12)20-11-8-9(15)6-7-10(11)14(17)18/h3-8H,2H2,1H3,(H,17,18). The Bertz CT molecular complexity index is 630. The van der Waals surface area contributed by atoms with Crippen molar-refractivity contribution in [3.63, 3.8) is 0 Å². The van der Waals surface area contributed by atoms with E-state index in [1.807, 2.05) is 6.92 Å². The number of pyridine rings is 1. The van der Waals surface area contributed by atoms with Gasteiger partial charge >= 0.3 is 5.97 Å². The van der Waals surface area contributed by atoms with Crippen molar-refractivity contribution in [3.05, 3.63) is 46.4 Å². The van der Waals surface area contributed by atoms with E-state index in [4.69, 9.17) is 14.6 Å². The van der Waals surface area contributed by atoms with Gasteiger partial charge in [0.1, 0.15) is 11.3 Å². The van der Waals surface area contributed by atoms with E-state index < -0.39 is 5.97 Å². The van der Waals surface area contributed by atoms with Crippen LogP contribution in [0.4, 0.5) is 0 Å². The molecule has 1 N–H and O–H groups in total. The van der Waals surface area contributed by atoms with Crippen molar-refractivity contribution in [2.75, 3.05) is 6.61 Å². The van der Waals surface area contributed by atoms with Crippen LogP contribution in [-0.2, 0) is 0 Å². The lowest BCUT2D eigenvalue weighted by Crippen LogP contribution is -2.01. The van der Waals surface area contributed by atoms with Crippen LogP contribution in [0.3, 0.4) is 0 Å². The Kier molecular flexibility index (Phi) is 4.57. The van der Waals surface area contributed by atoms with Crippen molar-refractivity contribution in [1.29, 1.82) is 0 Å². The smallest absolute Gasteiger partial charge is 0.339 e. The highest BCUT2D eigenvalue weighted by molar-refractivity contribution is 9.10. The number of benzene rings is 1. The van der Waals surface area contributed by atoms with Gasteiger partial charge in [-0.05, 0) is 25.1 Å². The number of hydrogen-bond donors (Lipinski definition) is 1. The van der Waals surface area contributed by atoms with Crippen LogP contribution in [0.2, 0.25) is 0 Å². The van der Waals surface area contributed by atoms with Crippen LogP contribution in [0.15, 0.2) is 40.9 Å². The Morgan fingerprint density at radius 1 is 1.30 bits per heavy atom. The zero-order chi connectivity index (χ0) is 14.5. The molecule has 1 aromatic carbocycles. The highest BCUT2D eigenvalue weighted by atomic mass is 79.9. The molecule has 0 atom stereocenters. The summed E-state index contributed by atoms with van der Waals surface area (Å²) in [5.74, 6) is -0.144. The number of carbonyl (C=O) groups is 1. The second-order valence-electron chi connectivity index (χ2n) is 3.79. The van der Waals surface area contributed by atoms with Crippen LogP contribution >= 0.6 is 15.9 Å². The van der Waals surface area contributed by atoms with Crippen molar-refractivity contribution in [2.24, 2.45) is 0 Å². The van der Waals surface area contributed by atoms with Crippen molar-refractivity contribution in [2.45, 2.75) is 6.92 Å². The van der Waals surface area contributed by atoms with Crippen molar-refractivity contribution >= 4 is 21.9 Å². The highest BCUT2D eigenvalue weighted by Gasteiger charge is 2.13. The number of nitrogens with zero attached hydrogens (tertiary/aromatic N) is 1. The van der Waals surface area contributed by atoms with E-state index >= 15 is 0 Å². The number of hydrogen-bond acceptors (Lipinski definition) is 4. The molecule has 5 nitrogen and oxygen atoms in total. The molecule has 0 aliphatic heterocycles. The average molecular weight is 338 g/mol. The van der Waals surface area contributed by atoms with Gasteiger partial charge in [0, 0.05) is 16.6 Å². The normalized spacial score (nSPS) is 10.1. The Balaban J connectivity index is 2.31. The largest absolute Gasteiger partial charge is 0.478 e. The Morgan fingerprint density at radius 3 is 2.75 bits per heavy atom. The molecule has 0 spiro atoms. The Morgan fingerprint density at radius 2 is 2.05 bits per heavy atom. The summed E-state index contributed by atoms with van der Waals surface area (Å²) in [6.07, 6.45) is 0. The number of rotatable bonds is 5. The third kappa shape index (κ3) is 3.48. The second-order valence-corrected chi connectivity index (χ2v) is 4.71. The SMILES string of the molecule is CCOc1cccc(Oc2cc(Br)ccc2C(=O)O)n1. The monoisotopic (exact) mass is 337 g/mol. The molecule has 0 radical (unpaired) electrons. The van der Waals surface area contributed by atoms with E-state index in [0.717, 1.165) is 4.47 Å². The molecule has 104 valence electrons. The van der Waals surface area contributed by atoms with E-state index in [9.17, 15) is 4.79 Å². The van der Waals surface area contributed by atoms with E-state index in [1.165, 1.54) is 6.07 Å². The van der Waals surface area contributed by atoms with Crippen molar-refractivity contribution in [3.8, 4) is 17.5 Å². The van der Waals surface area contributed by atoms with E-state index in [-0.39, 0.29) is 17.2 Å². The number of halogens is 1. The topological polar surface area (TPSA) is 68.7 Å². The molecular formula is C14H12BrNO4. The van der Waals surface area contributed by atoms with Crippen LogP contribution in [0, 0.1) is 0 Å². The summed E-state index contributed by atoms with van der Waals surface area (Å²) in [5, 5.41) is 9.13. The number of aromatic carboxylic acids is 1. The molecule has 2 rings (SSSR count). The molecular weight excluding hydrogens is 326 g/mol. The molecule has 0 fully saturated rings. The quantitative estimate of drug-likeness (QED) is 0.900. The average Bonchev–Trinajstić information content (AvgIpc) is 2.39. The third-order valence-corrected chi connectivity index (χ3v) is 2.87. The van der Waals surface area contributed by atoms with Gasteiger partial charge in [-0.25, -0.2) is 4.79 Å². The summed E-state index contributed by atoms with van der Waals surface area (Å²) in [7, 11) is 0. The Hall–Kier alpha value is -2.08. The maximum Gasteiger partial charge on any atom is 0.339 e. The first-order chi connectivity index (χ1) is 9.60. The van der Waals surface area contributed by atoms with Crippen molar-refractivity contribution in [1.82, 2.24) is 4.98 Å². The molecule has 0 bridgehead atoms. The molecule has 0 saturated carbocycles. The van der Waals surface area contributed by atoms with Crippen LogP contribution in [0.25, 0.3) is 0 Å². The summed E-state index contributed by atoms with van der Waals surface area (Å²) in [6, 6.07) is 9.75. The summed E-state index contributed by atoms with van der Waals surface area (Å²) in [4.78, 5) is 15.3. The first-order valence-corrected chi connectivity index (χ1v) is 6.70. The summed E-state index contributed by atoms with van der Waals surface area (Å²) in [6.45, 7) is 2.35. The molecule has 1 aromatic heterocycles. The molecule has 0 amide bonds. The number of carboxylic acids is 1. The van der Waals surface area contributed by atoms with Crippen LogP contribution in [0.1, 0.15) is 17.3 Å². The first-order valence-electron chi connectivity index (χ1n) is 5.90. The minimum atomic E-state index is -1.06. The fraction of sp³-hybridized carbons (Fsp3) is 0.143. The van der Waals surface area contributed by atoms with Crippen LogP contribution in [0.5, 0.6) is 17.5 Å². The van der Waals surface area contributed by atoms with Gasteiger partial charge in [-0.3, -0.25) is 0 Å². The predicted molar refractivity (Wildman–Crippen MR) is 76.6 cm³/mol. The van der Waals surface area contributed by atoms with Gasteiger partial charge in [-0.15, -0.1) is 0 Å². The second kappa shape index (κ2) is 6.38. The minimum Gasteiger partial charge on any atom is -0.478 e. The van der Waals surface area contributed by atoms with Gasteiger partial charge in [0.2, 0.25) is 11.8 Å². The molecule has 0 saturated heterocycles. The zero-order valence-corrected chi connectivity index (χ0v) is 12.3. The highest BCUT2D eigenvalue weighted by Crippen LogP contribution is 2.28. The van der Waals surface area contributed by atoms with Gasteiger partial charge in [-0.2, -0.15) is 4.98 Å². The molecule has 0 aliphatic rings. The van der Waals surface area contributed by atoms with Crippen LogP contribution < -0.4 is 9.47 Å². The summed E-state index contributed by atoms with van der Waals surface area (Å²) < 4.78 is 11.5. The summed E-state index contributed by atoms with van der Waals surface area (Å²) >= 11 is 3.28. The lowest BCUT2D eigenvalue weighted by molar-refractivity contribution is 0.0694. The molecule has 6 heteroatoms. The van der Waals surface area contributed by atoms with Gasteiger partial charge in [0.25, 0.3) is 0 Å². The van der Waals surface area contributed by atoms with E-state index in [2.05, 4.69) is 20.9 Å². The van der Waals surface area contributed by atoms with Gasteiger partial charge in [-0.1, -0.05) is 22.0 Å². The number of ether oxygens (including phenoxy) is 2. The number of aromatic nitrogens is 1. The van der Waals surface area contributed by atoms with Gasteiger partial charge in [0.15, 0.2) is 0 Å². The fourth-order valence-corrected chi connectivity index (χ4v) is 1.89. The van der Waals surface area contributed by atoms with E-state index in [0.29, 0.717) is 12.5 Å². The first kappa shape index (κ1) is 14.3. The van der Waals surface area contributed by atoms with Crippen LogP contribution in [-0.4, -0.2) is 22.7 Å².